The van der Waals surface area contributed by atoms with Crippen molar-refractivity contribution in [3.05, 3.63) is 45.9 Å². The van der Waals surface area contributed by atoms with Crippen LogP contribution in [0, 0.1) is 6.92 Å². The van der Waals surface area contributed by atoms with Gasteiger partial charge in [0, 0.05) is 23.7 Å². The molecule has 0 unspecified atom stereocenters. The number of thiazole rings is 1. The van der Waals surface area contributed by atoms with Crippen LogP contribution < -0.4 is 10.0 Å². The summed E-state index contributed by atoms with van der Waals surface area (Å²) >= 11 is 1.51. The summed E-state index contributed by atoms with van der Waals surface area (Å²) in [6.07, 6.45) is 3.80. The highest BCUT2D eigenvalue weighted by Gasteiger charge is 2.25. The minimum atomic E-state index is -3.79. The van der Waals surface area contributed by atoms with Gasteiger partial charge in [-0.3, -0.25) is 4.79 Å². The van der Waals surface area contributed by atoms with E-state index in [0.29, 0.717) is 18.7 Å². The van der Waals surface area contributed by atoms with Gasteiger partial charge in [-0.2, -0.15) is 0 Å². The molecular weight excluding hydrogens is 334 g/mol. The molecule has 1 amide bonds. The highest BCUT2D eigenvalue weighted by molar-refractivity contribution is 7.89. The number of nitrogens with two attached hydrogens (primary N) is 1. The number of amides is 1. The first kappa shape index (κ1) is 15.9. The lowest BCUT2D eigenvalue weighted by atomic mass is 10.2. The largest absolute Gasteiger partial charge is 0.308 e. The molecule has 120 valence electrons. The number of hydrogen-bond acceptors (Lipinski definition) is 5. The third kappa shape index (κ3) is 3.34. The predicted molar refractivity (Wildman–Crippen MR) is 89.8 cm³/mol. The lowest BCUT2D eigenvalue weighted by molar-refractivity contribution is -0.114. The van der Waals surface area contributed by atoms with Crippen LogP contribution in [0.15, 0.2) is 34.6 Å². The fourth-order valence-corrected chi connectivity index (χ4v) is 3.58. The van der Waals surface area contributed by atoms with Gasteiger partial charge in [-0.05, 0) is 37.1 Å². The minimum absolute atomic E-state index is 0.00931. The lowest BCUT2D eigenvalue weighted by Crippen LogP contribution is -2.27. The van der Waals surface area contributed by atoms with Crippen LogP contribution in [0.2, 0.25) is 0 Å². The third-order valence-corrected chi connectivity index (χ3v) is 5.28. The topological polar surface area (TPSA) is 93.4 Å². The van der Waals surface area contributed by atoms with Gasteiger partial charge in [-0.15, -0.1) is 11.3 Å². The third-order valence-electron chi connectivity index (χ3n) is 3.58. The first-order valence-electron chi connectivity index (χ1n) is 6.92. The van der Waals surface area contributed by atoms with Crippen LogP contribution in [0.25, 0.3) is 6.08 Å². The van der Waals surface area contributed by atoms with E-state index >= 15 is 0 Å². The summed E-state index contributed by atoms with van der Waals surface area (Å²) in [5.74, 6) is -0.207. The zero-order valence-corrected chi connectivity index (χ0v) is 14.0. The van der Waals surface area contributed by atoms with Crippen molar-refractivity contribution in [3.63, 3.8) is 0 Å². The molecule has 1 aromatic carbocycles. The van der Waals surface area contributed by atoms with Gasteiger partial charge in [0.25, 0.3) is 5.91 Å². The summed E-state index contributed by atoms with van der Waals surface area (Å²) in [7, 11) is -3.79. The Labute approximate surface area is 138 Å². The van der Waals surface area contributed by atoms with Crippen LogP contribution >= 0.6 is 11.3 Å². The van der Waals surface area contributed by atoms with Crippen LogP contribution in [0.1, 0.15) is 16.3 Å². The van der Waals surface area contributed by atoms with Crippen molar-refractivity contribution < 1.29 is 13.2 Å². The Hall–Kier alpha value is -2.03. The highest BCUT2D eigenvalue weighted by Crippen LogP contribution is 2.30. The van der Waals surface area contributed by atoms with Crippen molar-refractivity contribution in [2.75, 3.05) is 11.4 Å². The highest BCUT2D eigenvalue weighted by atomic mass is 32.2. The average molecular weight is 349 g/mol. The summed E-state index contributed by atoms with van der Waals surface area (Å²) in [4.78, 5) is 18.2. The molecule has 0 fully saturated rings. The second-order valence-electron chi connectivity index (χ2n) is 5.20. The maximum atomic E-state index is 12.4. The number of rotatable bonds is 3. The van der Waals surface area contributed by atoms with Crippen LogP contribution in [0.4, 0.5) is 5.69 Å². The second kappa shape index (κ2) is 5.88. The number of nitrogens with zero attached hydrogens (tertiary/aromatic N) is 2. The molecule has 1 aromatic heterocycles. The van der Waals surface area contributed by atoms with E-state index in [2.05, 4.69) is 4.98 Å². The van der Waals surface area contributed by atoms with Gasteiger partial charge in [0.2, 0.25) is 10.0 Å². The number of hydrogen-bond donors (Lipinski definition) is 1. The number of anilines is 1. The van der Waals surface area contributed by atoms with E-state index in [0.717, 1.165) is 16.3 Å². The number of benzene rings is 1. The number of aromatic nitrogens is 1. The van der Waals surface area contributed by atoms with Gasteiger partial charge < -0.3 is 4.90 Å². The van der Waals surface area contributed by atoms with E-state index < -0.39 is 10.0 Å². The zero-order chi connectivity index (χ0) is 16.6. The quantitative estimate of drug-likeness (QED) is 0.854. The van der Waals surface area contributed by atoms with Crippen LogP contribution in [0.5, 0.6) is 0 Å². The number of aryl methyl sites for hydroxylation is 1. The number of carbonyl (C=O) groups excluding carboxylic acids is 1. The molecule has 0 radical (unpaired) electrons. The van der Waals surface area contributed by atoms with Crippen molar-refractivity contribution in [1.29, 1.82) is 0 Å². The van der Waals surface area contributed by atoms with Gasteiger partial charge in [0.1, 0.15) is 0 Å². The maximum absolute atomic E-state index is 12.4. The zero-order valence-electron chi connectivity index (χ0n) is 12.4. The molecule has 8 heteroatoms. The van der Waals surface area contributed by atoms with E-state index in [-0.39, 0.29) is 10.8 Å². The summed E-state index contributed by atoms with van der Waals surface area (Å²) in [5.41, 5.74) is 2.27. The summed E-state index contributed by atoms with van der Waals surface area (Å²) in [6.45, 7) is 2.41. The fourth-order valence-electron chi connectivity index (χ4n) is 2.47. The van der Waals surface area contributed by atoms with Crippen molar-refractivity contribution in [2.45, 2.75) is 18.2 Å². The molecule has 0 bridgehead atoms. The van der Waals surface area contributed by atoms with Crippen molar-refractivity contribution in [3.8, 4) is 0 Å². The first-order valence-corrected chi connectivity index (χ1v) is 9.34. The predicted octanol–water partition coefficient (Wildman–Crippen LogP) is 1.70. The van der Waals surface area contributed by atoms with E-state index in [1.165, 1.54) is 29.5 Å². The number of primary sulfonamides is 1. The van der Waals surface area contributed by atoms with Crippen LogP contribution in [0.3, 0.4) is 0 Å². The molecule has 2 heterocycles. The van der Waals surface area contributed by atoms with E-state index in [1.54, 1.807) is 17.0 Å². The molecule has 3 rings (SSSR count). The molecule has 2 aromatic rings. The Morgan fingerprint density at radius 3 is 2.87 bits per heavy atom. The lowest BCUT2D eigenvalue weighted by Gasteiger charge is -2.15. The van der Waals surface area contributed by atoms with Crippen LogP contribution in [-0.4, -0.2) is 25.9 Å². The van der Waals surface area contributed by atoms with Gasteiger partial charge >= 0.3 is 0 Å². The summed E-state index contributed by atoms with van der Waals surface area (Å²) < 4.78 is 23.0. The Morgan fingerprint density at radius 1 is 1.43 bits per heavy atom. The SMILES string of the molecule is Cc1nc(C=CC(=O)N2CCc3ccc(S(N)(=O)=O)cc32)cs1. The molecule has 1 aliphatic rings. The van der Waals surface area contributed by atoms with Crippen molar-refractivity contribution in [1.82, 2.24) is 4.98 Å². The molecule has 6 nitrogen and oxygen atoms in total. The molecule has 23 heavy (non-hydrogen) atoms. The first-order chi connectivity index (χ1) is 10.8. The normalized spacial score (nSPS) is 14.4. The van der Waals surface area contributed by atoms with Gasteiger partial charge in [0.15, 0.2) is 0 Å². The number of carbonyl (C=O) groups is 1. The Morgan fingerprint density at radius 2 is 2.22 bits per heavy atom. The summed E-state index contributed by atoms with van der Waals surface area (Å²) in [6, 6.07) is 4.63. The molecule has 0 saturated carbocycles. The van der Waals surface area contributed by atoms with Gasteiger partial charge in [-0.1, -0.05) is 6.07 Å². The van der Waals surface area contributed by atoms with Crippen LogP contribution in [-0.2, 0) is 21.2 Å². The molecule has 1 aliphatic heterocycles. The summed E-state index contributed by atoms with van der Waals surface area (Å²) in [5, 5.41) is 7.96. The molecular formula is C15H15N3O3S2. The van der Waals surface area contributed by atoms with Gasteiger partial charge in [0.05, 0.1) is 15.6 Å². The monoisotopic (exact) mass is 349 g/mol. The number of fused-ring (bicyclic) bond motifs is 1. The molecule has 0 atom stereocenters. The molecule has 0 saturated heterocycles. The van der Waals surface area contributed by atoms with E-state index in [9.17, 15) is 13.2 Å². The number of sulfonamides is 1. The average Bonchev–Trinajstić information content (AvgIpc) is 3.09. The molecule has 2 N–H and O–H groups in total. The van der Waals surface area contributed by atoms with E-state index in [1.807, 2.05) is 12.3 Å². The van der Waals surface area contributed by atoms with Crippen molar-refractivity contribution in [2.24, 2.45) is 5.14 Å². The smallest absolute Gasteiger partial charge is 0.251 e. The Balaban J connectivity index is 1.86. The fraction of sp³-hybridized carbons (Fsp3) is 0.200. The van der Waals surface area contributed by atoms with Gasteiger partial charge in [-0.25, -0.2) is 18.5 Å². The minimum Gasteiger partial charge on any atom is -0.308 e. The van der Waals surface area contributed by atoms with E-state index in [4.69, 9.17) is 5.14 Å². The Kier molecular flexibility index (Phi) is 4.05. The molecule has 0 aliphatic carbocycles. The molecule has 0 spiro atoms. The maximum Gasteiger partial charge on any atom is 0.251 e. The second-order valence-corrected chi connectivity index (χ2v) is 7.82. The standard InChI is InChI=1S/C15H15N3O3S2/c1-10-17-12(9-22-10)3-5-15(19)18-7-6-11-2-4-13(8-14(11)18)23(16,20)21/h2-5,8-9H,6-7H2,1H3,(H2,16,20,21). The Bertz CT molecular complexity index is 900. The van der Waals surface area contributed by atoms with Crippen molar-refractivity contribution >= 4 is 39.0 Å².